The maximum atomic E-state index is 12.1. The van der Waals surface area contributed by atoms with Crippen LogP contribution in [0.4, 0.5) is 11.5 Å². The van der Waals surface area contributed by atoms with Crippen molar-refractivity contribution in [3.05, 3.63) is 82.2 Å². The van der Waals surface area contributed by atoms with Crippen LogP contribution < -0.4 is 10.6 Å². The smallest absolute Gasteiger partial charge is 0.257 e. The lowest BCUT2D eigenvalue weighted by atomic mass is 10.1. The third-order valence-corrected chi connectivity index (χ3v) is 4.25. The number of hydrogen-bond acceptors (Lipinski definition) is 4. The summed E-state index contributed by atoms with van der Waals surface area (Å²) >= 11 is 12.1. The number of pyridine rings is 2. The van der Waals surface area contributed by atoms with E-state index in [9.17, 15) is 4.79 Å². The first-order valence-corrected chi connectivity index (χ1v) is 8.72. The van der Waals surface area contributed by atoms with Crippen molar-refractivity contribution in [2.75, 3.05) is 17.2 Å². The van der Waals surface area contributed by atoms with Crippen molar-refractivity contribution in [2.45, 2.75) is 6.42 Å². The zero-order valence-corrected chi connectivity index (χ0v) is 15.3. The van der Waals surface area contributed by atoms with Crippen LogP contribution in [0.5, 0.6) is 0 Å². The van der Waals surface area contributed by atoms with Gasteiger partial charge in [-0.3, -0.25) is 9.78 Å². The molecule has 0 aliphatic heterocycles. The molecule has 0 radical (unpaired) electrons. The Kier molecular flexibility index (Phi) is 6.04. The summed E-state index contributed by atoms with van der Waals surface area (Å²) in [5.74, 6) is 0.493. The van der Waals surface area contributed by atoms with Crippen molar-refractivity contribution in [1.82, 2.24) is 9.97 Å². The Labute approximate surface area is 161 Å². The van der Waals surface area contributed by atoms with Gasteiger partial charge < -0.3 is 10.6 Å². The molecule has 0 aliphatic rings. The average Bonchev–Trinajstić information content (AvgIpc) is 2.65. The highest BCUT2D eigenvalue weighted by atomic mass is 35.5. The van der Waals surface area contributed by atoms with Crippen LogP contribution in [0, 0.1) is 0 Å². The summed E-state index contributed by atoms with van der Waals surface area (Å²) in [5.41, 5.74) is 2.13. The Morgan fingerprint density at radius 3 is 2.65 bits per heavy atom. The van der Waals surface area contributed by atoms with Crippen molar-refractivity contribution in [2.24, 2.45) is 0 Å². The summed E-state index contributed by atoms with van der Waals surface area (Å²) in [5, 5.41) is 7.28. The van der Waals surface area contributed by atoms with Gasteiger partial charge in [0.2, 0.25) is 0 Å². The van der Waals surface area contributed by atoms with E-state index in [4.69, 9.17) is 23.2 Å². The molecule has 2 N–H and O–H groups in total. The van der Waals surface area contributed by atoms with Gasteiger partial charge in [0, 0.05) is 29.0 Å². The Bertz CT molecular complexity index is 886. The van der Waals surface area contributed by atoms with E-state index in [0.29, 0.717) is 27.8 Å². The van der Waals surface area contributed by atoms with Gasteiger partial charge in [0.25, 0.3) is 5.91 Å². The number of nitrogens with zero attached hydrogens (tertiary/aromatic N) is 2. The molecule has 0 saturated carbocycles. The van der Waals surface area contributed by atoms with Gasteiger partial charge in [-0.25, -0.2) is 4.98 Å². The number of carbonyl (C=O) groups is 1. The third kappa shape index (κ3) is 4.94. The van der Waals surface area contributed by atoms with Crippen LogP contribution in [0.2, 0.25) is 10.0 Å². The number of halogens is 2. The Hall–Kier alpha value is -2.63. The van der Waals surface area contributed by atoms with E-state index in [1.807, 2.05) is 18.2 Å². The van der Waals surface area contributed by atoms with Crippen molar-refractivity contribution in [3.8, 4) is 0 Å². The lowest BCUT2D eigenvalue weighted by Crippen LogP contribution is -2.12. The normalized spacial score (nSPS) is 10.4. The molecule has 3 aromatic rings. The maximum Gasteiger partial charge on any atom is 0.257 e. The summed E-state index contributed by atoms with van der Waals surface area (Å²) in [7, 11) is 0. The summed E-state index contributed by atoms with van der Waals surface area (Å²) in [6.45, 7) is 0.676. The molecule has 0 bridgehead atoms. The van der Waals surface area contributed by atoms with Gasteiger partial charge in [-0.2, -0.15) is 0 Å². The quantitative estimate of drug-likeness (QED) is 0.644. The summed E-state index contributed by atoms with van der Waals surface area (Å²) < 4.78 is 0. The minimum atomic E-state index is -0.224. The number of carbonyl (C=O) groups excluding carboxylic acids is 1. The molecule has 3 rings (SSSR count). The van der Waals surface area contributed by atoms with Crippen molar-refractivity contribution in [1.29, 1.82) is 0 Å². The molecule has 0 aliphatic carbocycles. The van der Waals surface area contributed by atoms with E-state index in [1.54, 1.807) is 36.7 Å². The lowest BCUT2D eigenvalue weighted by molar-refractivity contribution is 0.102. The molecule has 26 heavy (non-hydrogen) atoms. The first kappa shape index (κ1) is 18.2. The molecule has 1 amide bonds. The number of aromatic nitrogens is 2. The van der Waals surface area contributed by atoms with Crippen molar-refractivity contribution in [3.63, 3.8) is 0 Å². The summed E-state index contributed by atoms with van der Waals surface area (Å²) in [6.07, 6.45) is 5.49. The number of rotatable bonds is 6. The fourth-order valence-electron chi connectivity index (χ4n) is 2.32. The highest BCUT2D eigenvalue weighted by molar-refractivity contribution is 6.35. The van der Waals surface area contributed by atoms with E-state index < -0.39 is 0 Å². The molecule has 0 atom stereocenters. The number of hydrogen-bond donors (Lipinski definition) is 2. The third-order valence-electron chi connectivity index (χ3n) is 3.66. The van der Waals surface area contributed by atoms with Crippen LogP contribution in [0.25, 0.3) is 0 Å². The van der Waals surface area contributed by atoms with Crippen molar-refractivity contribution < 1.29 is 4.79 Å². The second kappa shape index (κ2) is 8.65. The minimum absolute atomic E-state index is 0.224. The van der Waals surface area contributed by atoms with Crippen LogP contribution in [-0.4, -0.2) is 22.4 Å². The largest absolute Gasteiger partial charge is 0.370 e. The highest BCUT2D eigenvalue weighted by Crippen LogP contribution is 2.21. The lowest BCUT2D eigenvalue weighted by Gasteiger charge is -2.09. The molecule has 0 unspecified atom stereocenters. The van der Waals surface area contributed by atoms with E-state index >= 15 is 0 Å². The highest BCUT2D eigenvalue weighted by Gasteiger charge is 2.06. The molecule has 1 aromatic carbocycles. The van der Waals surface area contributed by atoms with Gasteiger partial charge in [-0.05, 0) is 48.4 Å². The fourth-order valence-corrected chi connectivity index (χ4v) is 2.83. The van der Waals surface area contributed by atoms with Gasteiger partial charge in [0.15, 0.2) is 0 Å². The SMILES string of the molecule is O=C(Nc1ccc(NCCc2ccc(Cl)cc2Cl)nc1)c1cccnc1. The number of amides is 1. The molecule has 7 heteroatoms. The van der Waals surface area contributed by atoms with E-state index in [0.717, 1.165) is 17.8 Å². The maximum absolute atomic E-state index is 12.1. The molecule has 0 spiro atoms. The van der Waals surface area contributed by atoms with Crippen LogP contribution in [-0.2, 0) is 6.42 Å². The number of nitrogens with one attached hydrogen (secondary N) is 2. The molecular formula is C19H16Cl2N4O. The van der Waals surface area contributed by atoms with Crippen LogP contribution in [0.1, 0.15) is 15.9 Å². The fraction of sp³-hybridized carbons (Fsp3) is 0.105. The standard InChI is InChI=1S/C19H16Cl2N4O/c20-15-4-3-13(17(21)10-15)7-9-23-18-6-5-16(12-24-18)25-19(26)14-2-1-8-22-11-14/h1-6,8,10-12H,7,9H2,(H,23,24)(H,25,26). The first-order chi connectivity index (χ1) is 12.6. The number of benzene rings is 1. The van der Waals surface area contributed by atoms with Gasteiger partial charge in [0.1, 0.15) is 5.82 Å². The molecule has 0 saturated heterocycles. The Morgan fingerprint density at radius 1 is 1.08 bits per heavy atom. The first-order valence-electron chi connectivity index (χ1n) is 7.97. The zero-order chi connectivity index (χ0) is 18.4. The summed E-state index contributed by atoms with van der Waals surface area (Å²) in [4.78, 5) is 20.3. The molecule has 5 nitrogen and oxygen atoms in total. The Morgan fingerprint density at radius 2 is 1.96 bits per heavy atom. The second-order valence-corrected chi connectivity index (χ2v) is 6.38. The summed E-state index contributed by atoms with van der Waals surface area (Å²) in [6, 6.07) is 12.5. The van der Waals surface area contributed by atoms with Gasteiger partial charge in [0.05, 0.1) is 17.4 Å². The predicted octanol–water partition coefficient (Wildman–Crippen LogP) is 4.69. The van der Waals surface area contributed by atoms with E-state index in [2.05, 4.69) is 20.6 Å². The van der Waals surface area contributed by atoms with E-state index in [-0.39, 0.29) is 5.91 Å². The number of anilines is 2. The molecule has 2 aromatic heterocycles. The predicted molar refractivity (Wildman–Crippen MR) is 105 cm³/mol. The molecular weight excluding hydrogens is 371 g/mol. The van der Waals surface area contributed by atoms with Gasteiger partial charge in [-0.1, -0.05) is 29.3 Å². The van der Waals surface area contributed by atoms with E-state index in [1.165, 1.54) is 6.20 Å². The molecule has 0 fully saturated rings. The molecule has 132 valence electrons. The zero-order valence-electron chi connectivity index (χ0n) is 13.7. The van der Waals surface area contributed by atoms with Crippen molar-refractivity contribution >= 4 is 40.6 Å². The topological polar surface area (TPSA) is 66.9 Å². The van der Waals surface area contributed by atoms with Crippen LogP contribution in [0.15, 0.2) is 61.1 Å². The molecule has 2 heterocycles. The van der Waals surface area contributed by atoms with Gasteiger partial charge >= 0.3 is 0 Å². The van der Waals surface area contributed by atoms with Crippen LogP contribution in [0.3, 0.4) is 0 Å². The average molecular weight is 387 g/mol. The van der Waals surface area contributed by atoms with Crippen LogP contribution >= 0.6 is 23.2 Å². The van der Waals surface area contributed by atoms with Gasteiger partial charge in [-0.15, -0.1) is 0 Å². The minimum Gasteiger partial charge on any atom is -0.370 e. The second-order valence-electron chi connectivity index (χ2n) is 5.54. The monoisotopic (exact) mass is 386 g/mol. The Balaban J connectivity index is 1.52.